The van der Waals surface area contributed by atoms with Crippen LogP contribution in [0.3, 0.4) is 0 Å². The first-order valence-corrected chi connectivity index (χ1v) is 12.0. The Morgan fingerprint density at radius 2 is 1.70 bits per heavy atom. The Morgan fingerprint density at radius 1 is 1.00 bits per heavy atom. The number of nitrogens with zero attached hydrogens (tertiary/aromatic N) is 2. The van der Waals surface area contributed by atoms with Gasteiger partial charge in [-0.25, -0.2) is 22.9 Å². The molecule has 0 saturated heterocycles. The quantitative estimate of drug-likeness (QED) is 0.518. The molecule has 4 rings (SSSR count). The Labute approximate surface area is 193 Å². The van der Waals surface area contributed by atoms with Crippen molar-refractivity contribution in [2.24, 2.45) is 5.41 Å². The largest absolute Gasteiger partial charge is 0.461 e. The minimum Gasteiger partial charge on any atom is -0.461 e. The van der Waals surface area contributed by atoms with Crippen LogP contribution in [0, 0.1) is 19.3 Å². The molecule has 8 nitrogen and oxygen atoms in total. The van der Waals surface area contributed by atoms with Crippen LogP contribution in [-0.4, -0.2) is 37.5 Å². The molecule has 2 N–H and O–H groups in total. The van der Waals surface area contributed by atoms with Gasteiger partial charge in [-0.05, 0) is 43.2 Å². The summed E-state index contributed by atoms with van der Waals surface area (Å²) in [5, 5.41) is 3.25. The Morgan fingerprint density at radius 3 is 2.42 bits per heavy atom. The zero-order valence-corrected chi connectivity index (χ0v) is 19.8. The van der Waals surface area contributed by atoms with Crippen LogP contribution in [0.1, 0.15) is 35.3 Å². The Balaban J connectivity index is 1.87. The number of aromatic nitrogens is 2. The SMILES string of the molecule is Cc1cccc(C)c1-c1cc2nc(n1)NS(=O)(=O)c1cccc(c1)C(=O)OCC(C)(C)CN2. The van der Waals surface area contributed by atoms with Gasteiger partial charge >= 0.3 is 5.97 Å². The Kier molecular flexibility index (Phi) is 5.84. The number of hydrogen-bond acceptors (Lipinski definition) is 7. The van der Waals surface area contributed by atoms with Gasteiger partial charge in [-0.15, -0.1) is 0 Å². The second kappa shape index (κ2) is 8.47. The predicted molar refractivity (Wildman–Crippen MR) is 127 cm³/mol. The molecular weight excluding hydrogens is 440 g/mol. The molecule has 0 atom stereocenters. The summed E-state index contributed by atoms with van der Waals surface area (Å²) in [5.41, 5.74) is 3.31. The summed E-state index contributed by atoms with van der Waals surface area (Å²) in [6, 6.07) is 13.4. The van der Waals surface area contributed by atoms with Crippen molar-refractivity contribution < 1.29 is 17.9 Å². The monoisotopic (exact) mass is 466 g/mol. The topological polar surface area (TPSA) is 110 Å². The molecule has 2 heterocycles. The first-order valence-electron chi connectivity index (χ1n) is 10.5. The van der Waals surface area contributed by atoms with E-state index in [2.05, 4.69) is 20.0 Å². The van der Waals surface area contributed by atoms with Gasteiger partial charge in [0.05, 0.1) is 22.8 Å². The summed E-state index contributed by atoms with van der Waals surface area (Å²) in [5.74, 6) is -0.171. The highest BCUT2D eigenvalue weighted by Gasteiger charge is 2.24. The van der Waals surface area contributed by atoms with Crippen LogP contribution in [0.25, 0.3) is 11.3 Å². The summed E-state index contributed by atoms with van der Waals surface area (Å²) in [7, 11) is -4.04. The van der Waals surface area contributed by atoms with Crippen LogP contribution in [0.4, 0.5) is 11.8 Å². The van der Waals surface area contributed by atoms with Crippen molar-refractivity contribution in [2.75, 3.05) is 23.2 Å². The molecule has 4 bridgehead atoms. The van der Waals surface area contributed by atoms with Crippen LogP contribution in [0.2, 0.25) is 0 Å². The fourth-order valence-corrected chi connectivity index (χ4v) is 4.61. The smallest absolute Gasteiger partial charge is 0.338 e. The van der Waals surface area contributed by atoms with Crippen LogP contribution in [-0.2, 0) is 14.8 Å². The van der Waals surface area contributed by atoms with Crippen molar-refractivity contribution in [1.82, 2.24) is 9.97 Å². The number of nitrogens with one attached hydrogen (secondary N) is 2. The molecule has 0 unspecified atom stereocenters. The second-order valence-corrected chi connectivity index (χ2v) is 10.6. The minimum absolute atomic E-state index is 0.0551. The molecule has 0 amide bonds. The molecule has 1 aliphatic heterocycles. The molecule has 3 aromatic rings. The fourth-order valence-electron chi connectivity index (χ4n) is 3.62. The normalized spacial score (nSPS) is 17.2. The number of sulfonamides is 1. The van der Waals surface area contributed by atoms with Crippen molar-refractivity contribution in [3.05, 3.63) is 65.2 Å². The lowest BCUT2D eigenvalue weighted by atomic mass is 9.94. The number of anilines is 2. The molecule has 1 aromatic heterocycles. The number of benzene rings is 2. The first kappa shape index (κ1) is 22.7. The molecule has 2 aromatic carbocycles. The van der Waals surface area contributed by atoms with Crippen LogP contribution in [0.5, 0.6) is 0 Å². The molecule has 9 heteroatoms. The second-order valence-electron chi connectivity index (χ2n) is 8.96. The van der Waals surface area contributed by atoms with Gasteiger partial charge < -0.3 is 10.1 Å². The van der Waals surface area contributed by atoms with Gasteiger partial charge in [-0.1, -0.05) is 38.1 Å². The molecule has 0 saturated carbocycles. The maximum Gasteiger partial charge on any atom is 0.338 e. The molecule has 0 fully saturated rings. The van der Waals surface area contributed by atoms with E-state index in [0.29, 0.717) is 18.1 Å². The maximum atomic E-state index is 13.1. The summed E-state index contributed by atoms with van der Waals surface area (Å²) in [6.45, 7) is 8.48. The lowest BCUT2D eigenvalue weighted by Crippen LogP contribution is -2.30. The molecule has 0 radical (unpaired) electrons. The van der Waals surface area contributed by atoms with E-state index in [1.54, 1.807) is 6.07 Å². The summed E-state index contributed by atoms with van der Waals surface area (Å²) >= 11 is 0. The lowest BCUT2D eigenvalue weighted by molar-refractivity contribution is 0.0359. The standard InChI is InChI=1S/C24H26N4O4S/c1-15-7-5-8-16(2)21(15)19-12-20-25-13-24(3,4)14-32-22(29)17-9-6-10-18(11-17)33(30,31)28-23(26-19)27-20/h5-12H,13-14H2,1-4H3,(H2,25,26,27,28). The van der Waals surface area contributed by atoms with Crippen molar-refractivity contribution >= 4 is 27.8 Å². The van der Waals surface area contributed by atoms with Crippen molar-refractivity contribution in [3.63, 3.8) is 0 Å². The third-order valence-electron chi connectivity index (χ3n) is 5.41. The van der Waals surface area contributed by atoms with E-state index in [-0.39, 0.29) is 23.0 Å². The van der Waals surface area contributed by atoms with E-state index in [4.69, 9.17) is 4.74 Å². The lowest BCUT2D eigenvalue weighted by Gasteiger charge is -2.25. The number of fused-ring (bicyclic) bond motifs is 4. The van der Waals surface area contributed by atoms with E-state index >= 15 is 0 Å². The van der Waals surface area contributed by atoms with E-state index in [9.17, 15) is 13.2 Å². The molecular formula is C24H26N4O4S. The fraction of sp³-hybridized carbons (Fsp3) is 0.292. The molecule has 1 aliphatic rings. The van der Waals surface area contributed by atoms with E-state index < -0.39 is 21.4 Å². The molecule has 0 spiro atoms. The Hall–Kier alpha value is -3.46. The van der Waals surface area contributed by atoms with Crippen LogP contribution < -0.4 is 10.0 Å². The minimum atomic E-state index is -4.04. The number of ether oxygens (including phenoxy) is 1. The van der Waals surface area contributed by atoms with Gasteiger partial charge in [0.1, 0.15) is 5.82 Å². The zero-order valence-electron chi connectivity index (χ0n) is 19.0. The van der Waals surface area contributed by atoms with Gasteiger partial charge in [-0.3, -0.25) is 0 Å². The van der Waals surface area contributed by atoms with Gasteiger partial charge in [0, 0.05) is 23.6 Å². The van der Waals surface area contributed by atoms with Gasteiger partial charge in [-0.2, -0.15) is 4.98 Å². The number of hydrogen-bond donors (Lipinski definition) is 2. The number of rotatable bonds is 1. The number of carbonyl (C=O) groups is 1. The third-order valence-corrected chi connectivity index (χ3v) is 6.74. The highest BCUT2D eigenvalue weighted by molar-refractivity contribution is 7.92. The first-order chi connectivity index (χ1) is 15.5. The molecule has 172 valence electrons. The average Bonchev–Trinajstić information content (AvgIpc) is 2.75. The van der Waals surface area contributed by atoms with Crippen molar-refractivity contribution in [2.45, 2.75) is 32.6 Å². The van der Waals surface area contributed by atoms with E-state index in [1.165, 1.54) is 24.3 Å². The van der Waals surface area contributed by atoms with Crippen molar-refractivity contribution in [1.29, 1.82) is 0 Å². The zero-order chi connectivity index (χ0) is 23.8. The number of carbonyl (C=O) groups excluding carboxylic acids is 1. The van der Waals surface area contributed by atoms with Crippen LogP contribution >= 0.6 is 0 Å². The van der Waals surface area contributed by atoms with Gasteiger partial charge in [0.25, 0.3) is 10.0 Å². The number of cyclic esters (lactones) is 1. The maximum absolute atomic E-state index is 13.1. The Bertz CT molecular complexity index is 1320. The molecule has 0 aliphatic carbocycles. The number of aryl methyl sites for hydroxylation is 2. The summed E-state index contributed by atoms with van der Waals surface area (Å²) < 4.78 is 34.1. The highest BCUT2D eigenvalue weighted by atomic mass is 32.2. The highest BCUT2D eigenvalue weighted by Crippen LogP contribution is 2.29. The number of esters is 1. The van der Waals surface area contributed by atoms with Crippen LogP contribution in [0.15, 0.2) is 53.4 Å². The average molecular weight is 467 g/mol. The van der Waals surface area contributed by atoms with Gasteiger partial charge in [0.2, 0.25) is 5.95 Å². The van der Waals surface area contributed by atoms with E-state index in [1.807, 2.05) is 45.9 Å². The third kappa shape index (κ3) is 4.98. The summed E-state index contributed by atoms with van der Waals surface area (Å²) in [4.78, 5) is 21.3. The molecule has 33 heavy (non-hydrogen) atoms. The van der Waals surface area contributed by atoms with Crippen molar-refractivity contribution in [3.8, 4) is 11.3 Å². The van der Waals surface area contributed by atoms with Gasteiger partial charge in [0.15, 0.2) is 0 Å². The predicted octanol–water partition coefficient (Wildman–Crippen LogP) is 4.17. The van der Waals surface area contributed by atoms with E-state index in [0.717, 1.165) is 16.7 Å². The summed E-state index contributed by atoms with van der Waals surface area (Å²) in [6.07, 6.45) is 0.